The lowest BCUT2D eigenvalue weighted by Crippen LogP contribution is -2.20. The Hall–Kier alpha value is 0. The average molecular weight is 156 g/mol. The molecule has 0 aliphatic rings. The van der Waals surface area contributed by atoms with E-state index < -0.39 is 0 Å². The summed E-state index contributed by atoms with van der Waals surface area (Å²) in [7, 11) is 0. The van der Waals surface area contributed by atoms with E-state index in [1.54, 1.807) is 0 Å². The molecule has 0 radical (unpaired) electrons. The van der Waals surface area contributed by atoms with Gasteiger partial charge in [0.05, 0.1) is 0 Å². The second-order valence-electron chi connectivity index (χ2n) is 4.35. The van der Waals surface area contributed by atoms with Gasteiger partial charge in [0.1, 0.15) is 0 Å². The van der Waals surface area contributed by atoms with E-state index in [9.17, 15) is 0 Å². The standard InChI is InChI=1S/C11H24/c1-7-9(4)11(6)10(5)8(2)3/h8-11H,7H2,1-6H3/t9-,10+,11-/m0/s1. The van der Waals surface area contributed by atoms with Gasteiger partial charge in [0, 0.05) is 0 Å². The number of rotatable bonds is 4. The topological polar surface area (TPSA) is 0 Å². The third-order valence-corrected chi connectivity index (χ3v) is 3.42. The molecule has 0 amide bonds. The Morgan fingerprint density at radius 1 is 0.818 bits per heavy atom. The molecule has 0 heteroatoms. The highest BCUT2D eigenvalue weighted by Crippen LogP contribution is 2.27. The molecule has 0 aromatic rings. The van der Waals surface area contributed by atoms with E-state index in [4.69, 9.17) is 0 Å². The molecule has 68 valence electrons. The van der Waals surface area contributed by atoms with Crippen LogP contribution in [0.3, 0.4) is 0 Å². The summed E-state index contributed by atoms with van der Waals surface area (Å²) in [5.41, 5.74) is 0. The van der Waals surface area contributed by atoms with Gasteiger partial charge in [-0.1, -0.05) is 48.0 Å². The molecular formula is C11H24. The minimum atomic E-state index is 0.832. The van der Waals surface area contributed by atoms with E-state index in [0.29, 0.717) is 0 Å². The average Bonchev–Trinajstić information content (AvgIpc) is 2.00. The summed E-state index contributed by atoms with van der Waals surface area (Å²) in [5.74, 6) is 3.45. The van der Waals surface area contributed by atoms with E-state index in [0.717, 1.165) is 23.7 Å². The van der Waals surface area contributed by atoms with Crippen LogP contribution in [-0.4, -0.2) is 0 Å². The zero-order chi connectivity index (χ0) is 9.02. The van der Waals surface area contributed by atoms with Crippen molar-refractivity contribution in [1.29, 1.82) is 0 Å². The van der Waals surface area contributed by atoms with Gasteiger partial charge < -0.3 is 0 Å². The van der Waals surface area contributed by atoms with Crippen molar-refractivity contribution in [2.75, 3.05) is 0 Å². The highest BCUT2D eigenvalue weighted by Gasteiger charge is 2.19. The second-order valence-corrected chi connectivity index (χ2v) is 4.35. The molecule has 0 rings (SSSR count). The van der Waals surface area contributed by atoms with Crippen LogP contribution < -0.4 is 0 Å². The summed E-state index contributed by atoms with van der Waals surface area (Å²) < 4.78 is 0. The summed E-state index contributed by atoms with van der Waals surface area (Å²) in [6.45, 7) is 14.1. The van der Waals surface area contributed by atoms with Crippen LogP contribution in [-0.2, 0) is 0 Å². The normalized spacial score (nSPS) is 19.9. The zero-order valence-corrected chi connectivity index (χ0v) is 9.02. The maximum atomic E-state index is 2.39. The Kier molecular flexibility index (Phi) is 4.79. The van der Waals surface area contributed by atoms with Crippen molar-refractivity contribution in [1.82, 2.24) is 0 Å². The van der Waals surface area contributed by atoms with Gasteiger partial charge in [-0.2, -0.15) is 0 Å². The molecule has 11 heavy (non-hydrogen) atoms. The molecule has 0 heterocycles. The van der Waals surface area contributed by atoms with E-state index >= 15 is 0 Å². The van der Waals surface area contributed by atoms with Crippen molar-refractivity contribution in [3.05, 3.63) is 0 Å². The van der Waals surface area contributed by atoms with Gasteiger partial charge >= 0.3 is 0 Å². The third kappa shape index (κ3) is 3.27. The first-order chi connectivity index (χ1) is 5.00. The van der Waals surface area contributed by atoms with Crippen molar-refractivity contribution in [2.24, 2.45) is 23.7 Å². The lowest BCUT2D eigenvalue weighted by molar-refractivity contribution is 0.219. The zero-order valence-electron chi connectivity index (χ0n) is 9.02. The molecule has 0 bridgehead atoms. The van der Waals surface area contributed by atoms with Gasteiger partial charge in [-0.25, -0.2) is 0 Å². The number of hydrogen-bond acceptors (Lipinski definition) is 0. The molecule has 0 aliphatic heterocycles. The molecule has 0 N–H and O–H groups in total. The number of hydrogen-bond donors (Lipinski definition) is 0. The van der Waals surface area contributed by atoms with Crippen LogP contribution in [0.25, 0.3) is 0 Å². The van der Waals surface area contributed by atoms with Crippen LogP contribution in [0, 0.1) is 23.7 Å². The quantitative estimate of drug-likeness (QED) is 0.578. The van der Waals surface area contributed by atoms with Crippen LogP contribution >= 0.6 is 0 Å². The molecule has 0 spiro atoms. The molecule has 3 atom stereocenters. The van der Waals surface area contributed by atoms with Gasteiger partial charge in [0.25, 0.3) is 0 Å². The van der Waals surface area contributed by atoms with Crippen molar-refractivity contribution in [3.8, 4) is 0 Å². The fourth-order valence-corrected chi connectivity index (χ4v) is 1.50. The van der Waals surface area contributed by atoms with Crippen LogP contribution in [0.4, 0.5) is 0 Å². The lowest BCUT2D eigenvalue weighted by Gasteiger charge is -2.28. The lowest BCUT2D eigenvalue weighted by atomic mass is 9.78. The minimum Gasteiger partial charge on any atom is -0.0651 e. The van der Waals surface area contributed by atoms with Crippen LogP contribution in [0.2, 0.25) is 0 Å². The molecular weight excluding hydrogens is 132 g/mol. The van der Waals surface area contributed by atoms with Crippen LogP contribution in [0.1, 0.15) is 48.0 Å². The third-order valence-electron chi connectivity index (χ3n) is 3.42. The molecule has 0 nitrogen and oxygen atoms in total. The Balaban J connectivity index is 3.90. The Bertz CT molecular complexity index is 94.2. The highest BCUT2D eigenvalue weighted by molar-refractivity contribution is 4.69. The van der Waals surface area contributed by atoms with E-state index in [1.165, 1.54) is 6.42 Å². The monoisotopic (exact) mass is 156 g/mol. The summed E-state index contributed by atoms with van der Waals surface area (Å²) >= 11 is 0. The SMILES string of the molecule is CC[C@H](C)[C@H](C)[C@H](C)C(C)C. The summed E-state index contributed by atoms with van der Waals surface area (Å²) in [6.07, 6.45) is 1.32. The molecule has 0 aromatic heterocycles. The van der Waals surface area contributed by atoms with Gasteiger partial charge in [-0.15, -0.1) is 0 Å². The van der Waals surface area contributed by atoms with Crippen LogP contribution in [0.5, 0.6) is 0 Å². The fourth-order valence-electron chi connectivity index (χ4n) is 1.50. The van der Waals surface area contributed by atoms with E-state index in [1.807, 2.05) is 0 Å². The van der Waals surface area contributed by atoms with Crippen molar-refractivity contribution >= 4 is 0 Å². The molecule has 0 saturated carbocycles. The largest absolute Gasteiger partial charge is 0.0651 e. The maximum Gasteiger partial charge on any atom is -0.0389 e. The molecule has 0 aliphatic carbocycles. The first-order valence-electron chi connectivity index (χ1n) is 5.00. The van der Waals surface area contributed by atoms with Crippen molar-refractivity contribution in [2.45, 2.75) is 48.0 Å². The predicted octanol–water partition coefficient (Wildman–Crippen LogP) is 3.96. The molecule has 0 saturated heterocycles. The predicted molar refractivity (Wildman–Crippen MR) is 52.6 cm³/mol. The summed E-state index contributed by atoms with van der Waals surface area (Å²) in [5, 5.41) is 0. The van der Waals surface area contributed by atoms with Gasteiger partial charge in [-0.3, -0.25) is 0 Å². The Morgan fingerprint density at radius 3 is 1.55 bits per heavy atom. The molecule has 0 fully saturated rings. The molecule has 0 aromatic carbocycles. The minimum absolute atomic E-state index is 0.832. The van der Waals surface area contributed by atoms with E-state index in [-0.39, 0.29) is 0 Å². The maximum absolute atomic E-state index is 2.39. The Morgan fingerprint density at radius 2 is 1.27 bits per heavy atom. The van der Waals surface area contributed by atoms with Crippen molar-refractivity contribution in [3.63, 3.8) is 0 Å². The Labute approximate surface area is 72.4 Å². The van der Waals surface area contributed by atoms with Gasteiger partial charge in [-0.05, 0) is 23.7 Å². The van der Waals surface area contributed by atoms with Gasteiger partial charge in [0.15, 0.2) is 0 Å². The highest BCUT2D eigenvalue weighted by atomic mass is 14.2. The second kappa shape index (κ2) is 4.79. The first-order valence-corrected chi connectivity index (χ1v) is 5.00. The smallest absolute Gasteiger partial charge is 0.0389 e. The molecule has 0 unspecified atom stereocenters. The fraction of sp³-hybridized carbons (Fsp3) is 1.00. The van der Waals surface area contributed by atoms with E-state index in [2.05, 4.69) is 41.5 Å². The van der Waals surface area contributed by atoms with Gasteiger partial charge in [0.2, 0.25) is 0 Å². The van der Waals surface area contributed by atoms with Crippen LogP contribution in [0.15, 0.2) is 0 Å². The first kappa shape index (κ1) is 11.0. The van der Waals surface area contributed by atoms with Crippen molar-refractivity contribution < 1.29 is 0 Å². The summed E-state index contributed by atoms with van der Waals surface area (Å²) in [6, 6.07) is 0. The summed E-state index contributed by atoms with van der Waals surface area (Å²) in [4.78, 5) is 0.